The molecule has 0 bridgehead atoms. The number of hydrogen-bond donors (Lipinski definition) is 0. The fourth-order valence-corrected chi connectivity index (χ4v) is 3.37. The highest BCUT2D eigenvalue weighted by atomic mass is 35.5. The van der Waals surface area contributed by atoms with Gasteiger partial charge in [-0.25, -0.2) is 0 Å². The van der Waals surface area contributed by atoms with Gasteiger partial charge in [-0.1, -0.05) is 59.1 Å². The molecule has 0 aromatic heterocycles. The number of anilines is 1. The van der Waals surface area contributed by atoms with Crippen molar-refractivity contribution in [2.45, 2.75) is 13.5 Å². The molecule has 0 spiro atoms. The Kier molecular flexibility index (Phi) is 6.84. The number of halogens is 3. The van der Waals surface area contributed by atoms with E-state index in [-0.39, 0.29) is 19.1 Å². The number of carbonyl (C=O) groups excluding carboxylic acids is 1. The zero-order chi connectivity index (χ0) is 20.1. The number of carbonyl (C=O) groups is 1. The molecule has 0 atom stereocenters. The van der Waals surface area contributed by atoms with Crippen molar-refractivity contribution in [3.63, 3.8) is 0 Å². The first-order chi connectivity index (χ1) is 13.4. The topological polar surface area (TPSA) is 29.5 Å². The third-order valence-corrected chi connectivity index (χ3v) is 4.94. The fraction of sp³-hybridized carbons (Fsp3) is 0.136. The van der Waals surface area contributed by atoms with Gasteiger partial charge in [0.2, 0.25) is 0 Å². The van der Waals surface area contributed by atoms with Gasteiger partial charge in [-0.15, -0.1) is 0 Å². The first-order valence-corrected chi connectivity index (χ1v) is 9.75. The largest absolute Gasteiger partial charge is 0.484 e. The monoisotopic (exact) mass is 433 g/mol. The highest BCUT2D eigenvalue weighted by Crippen LogP contribution is 2.26. The van der Waals surface area contributed by atoms with Crippen LogP contribution in [-0.2, 0) is 11.3 Å². The summed E-state index contributed by atoms with van der Waals surface area (Å²) in [6, 6.07) is 19.9. The van der Waals surface area contributed by atoms with Crippen molar-refractivity contribution in [2.24, 2.45) is 0 Å². The molecule has 3 nitrogen and oxygen atoms in total. The molecule has 3 aromatic carbocycles. The normalized spacial score (nSPS) is 10.6. The van der Waals surface area contributed by atoms with Gasteiger partial charge in [0.1, 0.15) is 5.75 Å². The molecular weight excluding hydrogens is 417 g/mol. The average molecular weight is 435 g/mol. The van der Waals surface area contributed by atoms with Crippen LogP contribution in [0.3, 0.4) is 0 Å². The van der Waals surface area contributed by atoms with Crippen LogP contribution in [0, 0.1) is 6.92 Å². The maximum atomic E-state index is 13.0. The molecule has 0 unspecified atom stereocenters. The summed E-state index contributed by atoms with van der Waals surface area (Å²) in [7, 11) is 0. The first-order valence-electron chi connectivity index (χ1n) is 8.62. The lowest BCUT2D eigenvalue weighted by molar-refractivity contribution is -0.120. The second-order valence-corrected chi connectivity index (χ2v) is 7.58. The van der Waals surface area contributed by atoms with E-state index >= 15 is 0 Å². The Morgan fingerprint density at radius 1 is 0.929 bits per heavy atom. The summed E-state index contributed by atoms with van der Waals surface area (Å²) in [6.07, 6.45) is 0. The molecule has 0 aliphatic rings. The van der Waals surface area contributed by atoms with Crippen molar-refractivity contribution in [3.05, 3.63) is 92.9 Å². The summed E-state index contributed by atoms with van der Waals surface area (Å²) in [4.78, 5) is 14.6. The Labute approximate surface area is 179 Å². The van der Waals surface area contributed by atoms with Crippen LogP contribution in [0.4, 0.5) is 5.69 Å². The smallest absolute Gasteiger partial charge is 0.265 e. The van der Waals surface area contributed by atoms with Crippen LogP contribution < -0.4 is 9.64 Å². The molecule has 0 aliphatic heterocycles. The Hall–Kier alpha value is -2.20. The third kappa shape index (κ3) is 5.41. The van der Waals surface area contributed by atoms with Gasteiger partial charge in [-0.2, -0.15) is 0 Å². The van der Waals surface area contributed by atoms with Crippen LogP contribution in [0.25, 0.3) is 0 Å². The summed E-state index contributed by atoms with van der Waals surface area (Å²) in [5.74, 6) is 0.429. The Balaban J connectivity index is 1.83. The Morgan fingerprint density at radius 2 is 1.68 bits per heavy atom. The number of aryl methyl sites for hydroxylation is 1. The second-order valence-electron chi connectivity index (χ2n) is 6.30. The van der Waals surface area contributed by atoms with Crippen LogP contribution in [0.15, 0.2) is 66.7 Å². The predicted octanol–water partition coefficient (Wildman–Crippen LogP) is 6.57. The van der Waals surface area contributed by atoms with E-state index in [4.69, 9.17) is 39.5 Å². The molecule has 0 aliphatic carbocycles. The molecule has 0 saturated heterocycles. The van der Waals surface area contributed by atoms with Gasteiger partial charge in [-0.05, 0) is 60.5 Å². The number of benzene rings is 3. The van der Waals surface area contributed by atoms with E-state index < -0.39 is 0 Å². The van der Waals surface area contributed by atoms with Crippen molar-refractivity contribution in [3.8, 4) is 5.75 Å². The van der Waals surface area contributed by atoms with Crippen LogP contribution in [0.2, 0.25) is 15.1 Å². The van der Waals surface area contributed by atoms with E-state index in [1.54, 1.807) is 41.3 Å². The highest BCUT2D eigenvalue weighted by Gasteiger charge is 2.19. The number of hydrogen-bond acceptors (Lipinski definition) is 2. The van der Waals surface area contributed by atoms with Gasteiger partial charge in [0, 0.05) is 20.8 Å². The van der Waals surface area contributed by atoms with E-state index in [1.807, 2.05) is 37.3 Å². The molecule has 3 rings (SSSR count). The minimum Gasteiger partial charge on any atom is -0.484 e. The molecule has 6 heteroatoms. The molecule has 1 amide bonds. The van der Waals surface area contributed by atoms with Crippen LogP contribution in [-0.4, -0.2) is 12.5 Å². The maximum Gasteiger partial charge on any atom is 0.265 e. The maximum absolute atomic E-state index is 13.0. The highest BCUT2D eigenvalue weighted by molar-refractivity contribution is 6.35. The van der Waals surface area contributed by atoms with Gasteiger partial charge < -0.3 is 9.64 Å². The van der Waals surface area contributed by atoms with Crippen molar-refractivity contribution >= 4 is 46.4 Å². The molecule has 28 heavy (non-hydrogen) atoms. The van der Waals surface area contributed by atoms with Crippen LogP contribution >= 0.6 is 34.8 Å². The summed E-state index contributed by atoms with van der Waals surface area (Å²) in [5, 5.41) is 1.57. The first kappa shape index (κ1) is 20.5. The zero-order valence-corrected chi connectivity index (χ0v) is 17.4. The fourth-order valence-electron chi connectivity index (χ4n) is 2.72. The van der Waals surface area contributed by atoms with E-state index in [0.717, 1.165) is 11.1 Å². The Morgan fingerprint density at radius 3 is 2.39 bits per heavy atom. The van der Waals surface area contributed by atoms with Crippen molar-refractivity contribution < 1.29 is 9.53 Å². The van der Waals surface area contributed by atoms with E-state index in [1.165, 1.54) is 0 Å². The second kappa shape index (κ2) is 9.33. The molecule has 0 saturated carbocycles. The quantitative estimate of drug-likeness (QED) is 0.439. The number of rotatable bonds is 6. The number of ether oxygens (including phenoxy) is 1. The predicted molar refractivity (Wildman–Crippen MR) is 116 cm³/mol. The van der Waals surface area contributed by atoms with E-state index in [2.05, 4.69) is 0 Å². The number of amides is 1. The average Bonchev–Trinajstić information content (AvgIpc) is 2.65. The van der Waals surface area contributed by atoms with E-state index in [0.29, 0.717) is 26.5 Å². The SMILES string of the molecule is Cc1cccc(OCC(=O)N(Cc2ccc(Cl)cc2Cl)c2cccc(Cl)c2)c1. The van der Waals surface area contributed by atoms with Crippen molar-refractivity contribution in [1.82, 2.24) is 0 Å². The van der Waals surface area contributed by atoms with Crippen LogP contribution in [0.5, 0.6) is 5.75 Å². The zero-order valence-electron chi connectivity index (χ0n) is 15.2. The number of nitrogens with zero attached hydrogens (tertiary/aromatic N) is 1. The summed E-state index contributed by atoms with van der Waals surface area (Å²) >= 11 is 18.4. The van der Waals surface area contributed by atoms with Gasteiger partial charge in [0.05, 0.1) is 6.54 Å². The summed E-state index contributed by atoms with van der Waals surface area (Å²) < 4.78 is 5.69. The van der Waals surface area contributed by atoms with Gasteiger partial charge in [0.25, 0.3) is 5.91 Å². The van der Waals surface area contributed by atoms with E-state index in [9.17, 15) is 4.79 Å². The molecule has 144 valence electrons. The van der Waals surface area contributed by atoms with Gasteiger partial charge in [0.15, 0.2) is 6.61 Å². The molecular formula is C22H18Cl3NO2. The molecule has 3 aromatic rings. The lowest BCUT2D eigenvalue weighted by Crippen LogP contribution is -2.34. The third-order valence-electron chi connectivity index (χ3n) is 4.12. The van der Waals surface area contributed by atoms with Crippen molar-refractivity contribution in [1.29, 1.82) is 0 Å². The minimum atomic E-state index is -0.213. The standard InChI is InChI=1S/C22H18Cl3NO2/c1-15-4-2-7-20(10-15)28-14-22(27)26(19-6-3-5-17(23)11-19)13-16-8-9-18(24)12-21(16)25/h2-12H,13-14H2,1H3. The van der Waals surface area contributed by atoms with Crippen LogP contribution in [0.1, 0.15) is 11.1 Å². The van der Waals surface area contributed by atoms with Gasteiger partial charge >= 0.3 is 0 Å². The summed E-state index contributed by atoms with van der Waals surface area (Å²) in [5.41, 5.74) is 2.50. The van der Waals surface area contributed by atoms with Gasteiger partial charge in [-0.3, -0.25) is 4.79 Å². The molecule has 0 N–H and O–H groups in total. The van der Waals surface area contributed by atoms with Crippen molar-refractivity contribution in [2.75, 3.05) is 11.5 Å². The summed E-state index contributed by atoms with van der Waals surface area (Å²) in [6.45, 7) is 2.13. The molecule has 0 fully saturated rings. The lowest BCUT2D eigenvalue weighted by Gasteiger charge is -2.24. The minimum absolute atomic E-state index is 0.110. The lowest BCUT2D eigenvalue weighted by atomic mass is 10.2. The molecule has 0 radical (unpaired) electrons. The molecule has 0 heterocycles. The Bertz CT molecular complexity index is 991.